The third-order valence-electron chi connectivity index (χ3n) is 2.52. The highest BCUT2D eigenvalue weighted by Crippen LogP contribution is 2.14. The van der Waals surface area contributed by atoms with Gasteiger partial charge in [0.05, 0.1) is 0 Å². The van der Waals surface area contributed by atoms with Crippen LogP contribution in [-0.2, 0) is 6.54 Å². The van der Waals surface area contributed by atoms with E-state index in [4.69, 9.17) is 0 Å². The van der Waals surface area contributed by atoms with Crippen LogP contribution in [0.25, 0.3) is 0 Å². The van der Waals surface area contributed by atoms with Gasteiger partial charge < -0.3 is 10.6 Å². The SMILES string of the molecule is CN=C(NCc1ccc(SC)cc1)NCC(C)C.I. The summed E-state index contributed by atoms with van der Waals surface area (Å²) < 4.78 is 0. The Morgan fingerprint density at radius 2 is 1.84 bits per heavy atom. The van der Waals surface area contributed by atoms with Crippen molar-refractivity contribution in [2.24, 2.45) is 10.9 Å². The number of rotatable bonds is 5. The van der Waals surface area contributed by atoms with E-state index in [9.17, 15) is 0 Å². The van der Waals surface area contributed by atoms with Gasteiger partial charge in [-0.25, -0.2) is 0 Å². The van der Waals surface area contributed by atoms with Crippen molar-refractivity contribution in [2.75, 3.05) is 19.8 Å². The molecule has 0 saturated heterocycles. The third-order valence-corrected chi connectivity index (χ3v) is 3.26. The van der Waals surface area contributed by atoms with Gasteiger partial charge >= 0.3 is 0 Å². The average Bonchev–Trinajstić information content (AvgIpc) is 2.39. The predicted octanol–water partition coefficient (Wildman–Crippen LogP) is 3.35. The van der Waals surface area contributed by atoms with E-state index in [1.807, 2.05) is 0 Å². The first-order valence-corrected chi connectivity index (χ1v) is 7.45. The van der Waals surface area contributed by atoms with Crippen LogP contribution >= 0.6 is 35.7 Å². The van der Waals surface area contributed by atoms with E-state index in [-0.39, 0.29) is 24.0 Å². The number of hydrogen-bond acceptors (Lipinski definition) is 2. The molecule has 0 aliphatic rings. The molecule has 0 aliphatic heterocycles. The summed E-state index contributed by atoms with van der Waals surface area (Å²) >= 11 is 1.76. The Bertz CT molecular complexity index is 377. The van der Waals surface area contributed by atoms with Crippen molar-refractivity contribution in [1.29, 1.82) is 0 Å². The van der Waals surface area contributed by atoms with E-state index in [2.05, 4.69) is 60.0 Å². The predicted molar refractivity (Wildman–Crippen MR) is 96.7 cm³/mol. The molecule has 1 aromatic carbocycles. The minimum absolute atomic E-state index is 0. The highest BCUT2D eigenvalue weighted by atomic mass is 127. The van der Waals surface area contributed by atoms with Crippen molar-refractivity contribution < 1.29 is 0 Å². The zero-order chi connectivity index (χ0) is 13.4. The lowest BCUT2D eigenvalue weighted by atomic mass is 10.2. The van der Waals surface area contributed by atoms with Crippen molar-refractivity contribution >= 4 is 41.7 Å². The van der Waals surface area contributed by atoms with E-state index < -0.39 is 0 Å². The van der Waals surface area contributed by atoms with Crippen LogP contribution in [0.15, 0.2) is 34.2 Å². The quantitative estimate of drug-likeness (QED) is 0.349. The molecule has 3 nitrogen and oxygen atoms in total. The van der Waals surface area contributed by atoms with E-state index in [0.717, 1.165) is 19.0 Å². The largest absolute Gasteiger partial charge is 0.356 e. The molecule has 0 spiro atoms. The summed E-state index contributed by atoms with van der Waals surface area (Å²) in [4.78, 5) is 5.49. The third kappa shape index (κ3) is 7.67. The van der Waals surface area contributed by atoms with Gasteiger partial charge in [-0.3, -0.25) is 4.99 Å². The summed E-state index contributed by atoms with van der Waals surface area (Å²) in [6.45, 7) is 6.10. The summed E-state index contributed by atoms with van der Waals surface area (Å²) in [6.07, 6.45) is 2.09. The molecule has 0 radical (unpaired) electrons. The molecule has 0 bridgehead atoms. The van der Waals surface area contributed by atoms with Crippen molar-refractivity contribution in [3.63, 3.8) is 0 Å². The molecule has 0 heterocycles. The Kier molecular flexibility index (Phi) is 10.1. The minimum Gasteiger partial charge on any atom is -0.356 e. The van der Waals surface area contributed by atoms with Crippen LogP contribution in [0.5, 0.6) is 0 Å². The van der Waals surface area contributed by atoms with Gasteiger partial charge in [0.1, 0.15) is 0 Å². The Morgan fingerprint density at radius 3 is 2.32 bits per heavy atom. The van der Waals surface area contributed by atoms with Gasteiger partial charge in [0.15, 0.2) is 5.96 Å². The molecule has 108 valence electrons. The summed E-state index contributed by atoms with van der Waals surface area (Å²) in [6, 6.07) is 8.58. The number of guanidine groups is 1. The van der Waals surface area contributed by atoms with E-state index >= 15 is 0 Å². The molecule has 0 atom stereocenters. The smallest absolute Gasteiger partial charge is 0.191 e. The van der Waals surface area contributed by atoms with Crippen LogP contribution in [0, 0.1) is 5.92 Å². The Balaban J connectivity index is 0.00000324. The Hall–Kier alpha value is -0.430. The second-order valence-corrected chi connectivity index (χ2v) is 5.43. The fourth-order valence-electron chi connectivity index (χ4n) is 1.45. The average molecular weight is 393 g/mol. The van der Waals surface area contributed by atoms with Crippen LogP contribution in [0.2, 0.25) is 0 Å². The molecule has 1 rings (SSSR count). The number of nitrogens with one attached hydrogen (secondary N) is 2. The zero-order valence-electron chi connectivity index (χ0n) is 12.1. The van der Waals surface area contributed by atoms with Gasteiger partial charge in [-0.1, -0.05) is 26.0 Å². The molecule has 1 aromatic rings. The maximum atomic E-state index is 4.20. The second-order valence-electron chi connectivity index (χ2n) is 4.55. The molecule has 0 saturated carbocycles. The van der Waals surface area contributed by atoms with Gasteiger partial charge in [-0.05, 0) is 29.9 Å². The number of benzene rings is 1. The van der Waals surface area contributed by atoms with Gasteiger partial charge in [0.2, 0.25) is 0 Å². The van der Waals surface area contributed by atoms with Crippen molar-refractivity contribution in [2.45, 2.75) is 25.3 Å². The standard InChI is InChI=1S/C14H23N3S.HI/c1-11(2)9-16-14(15-3)17-10-12-5-7-13(18-4)8-6-12;/h5-8,11H,9-10H2,1-4H3,(H2,15,16,17);1H. The first-order valence-electron chi connectivity index (χ1n) is 6.23. The second kappa shape index (κ2) is 10.4. The monoisotopic (exact) mass is 393 g/mol. The first-order chi connectivity index (χ1) is 8.65. The summed E-state index contributed by atoms with van der Waals surface area (Å²) in [5.74, 6) is 1.47. The lowest BCUT2D eigenvalue weighted by molar-refractivity contribution is 0.614. The summed E-state index contributed by atoms with van der Waals surface area (Å²) in [5, 5.41) is 6.61. The number of nitrogens with zero attached hydrogens (tertiary/aromatic N) is 1. The van der Waals surface area contributed by atoms with E-state index in [1.165, 1.54) is 10.5 Å². The van der Waals surface area contributed by atoms with Crippen molar-refractivity contribution in [1.82, 2.24) is 10.6 Å². The molecular formula is C14H24IN3S. The Labute approximate surface area is 138 Å². The van der Waals surface area contributed by atoms with Crippen LogP contribution in [0.1, 0.15) is 19.4 Å². The number of halogens is 1. The topological polar surface area (TPSA) is 36.4 Å². The van der Waals surface area contributed by atoms with Gasteiger partial charge in [0.25, 0.3) is 0 Å². The molecule has 19 heavy (non-hydrogen) atoms. The highest BCUT2D eigenvalue weighted by Gasteiger charge is 1.99. The summed E-state index contributed by atoms with van der Waals surface area (Å²) in [5.41, 5.74) is 1.26. The molecule has 5 heteroatoms. The van der Waals surface area contributed by atoms with Crippen LogP contribution in [-0.4, -0.2) is 25.8 Å². The zero-order valence-corrected chi connectivity index (χ0v) is 15.2. The number of thioether (sulfide) groups is 1. The molecular weight excluding hydrogens is 369 g/mol. The summed E-state index contributed by atoms with van der Waals surface area (Å²) in [7, 11) is 1.80. The van der Waals surface area contributed by atoms with Crippen LogP contribution in [0.3, 0.4) is 0 Å². The van der Waals surface area contributed by atoms with Crippen molar-refractivity contribution in [3.05, 3.63) is 29.8 Å². The fraction of sp³-hybridized carbons (Fsp3) is 0.500. The molecule has 0 fully saturated rings. The number of hydrogen-bond donors (Lipinski definition) is 2. The minimum atomic E-state index is 0. The van der Waals surface area contributed by atoms with E-state index in [1.54, 1.807) is 18.8 Å². The molecule has 2 N–H and O–H groups in total. The van der Waals surface area contributed by atoms with E-state index in [0.29, 0.717) is 5.92 Å². The van der Waals surface area contributed by atoms with Gasteiger partial charge in [-0.2, -0.15) is 0 Å². The maximum Gasteiger partial charge on any atom is 0.191 e. The molecule has 0 aromatic heterocycles. The van der Waals surface area contributed by atoms with Crippen LogP contribution in [0.4, 0.5) is 0 Å². The van der Waals surface area contributed by atoms with Crippen molar-refractivity contribution in [3.8, 4) is 0 Å². The Morgan fingerprint density at radius 1 is 1.21 bits per heavy atom. The highest BCUT2D eigenvalue weighted by molar-refractivity contribution is 14.0. The maximum absolute atomic E-state index is 4.20. The number of aliphatic imine (C=N–C) groups is 1. The molecule has 0 aliphatic carbocycles. The molecule has 0 unspecified atom stereocenters. The van der Waals surface area contributed by atoms with Crippen LogP contribution < -0.4 is 10.6 Å². The lowest BCUT2D eigenvalue weighted by Crippen LogP contribution is -2.38. The van der Waals surface area contributed by atoms with Gasteiger partial charge in [0, 0.05) is 25.0 Å². The first kappa shape index (κ1) is 18.6. The fourth-order valence-corrected chi connectivity index (χ4v) is 1.86. The normalized spacial score (nSPS) is 11.1. The molecule has 0 amide bonds. The van der Waals surface area contributed by atoms with Gasteiger partial charge in [-0.15, -0.1) is 35.7 Å². The lowest BCUT2D eigenvalue weighted by Gasteiger charge is -2.13.